The van der Waals surface area contributed by atoms with Gasteiger partial charge < -0.3 is 4.52 Å². The molecule has 60 valence electrons. The molecule has 0 aliphatic heterocycles. The highest BCUT2D eigenvalue weighted by molar-refractivity contribution is 7.31. The van der Waals surface area contributed by atoms with Gasteiger partial charge in [-0.2, -0.15) is 0 Å². The maximum atomic E-state index is 5.23. The first kappa shape index (κ1) is 8.63. The highest BCUT2D eigenvalue weighted by Gasteiger charge is 1.90. The minimum absolute atomic E-state index is 0.547. The van der Waals surface area contributed by atoms with E-state index in [1.165, 1.54) is 0 Å². The third kappa shape index (κ3) is 3.45. The highest BCUT2D eigenvalue weighted by Crippen LogP contribution is 2.17. The van der Waals surface area contributed by atoms with Gasteiger partial charge >= 0.3 is 0 Å². The molecular weight excluding hydrogens is 157 g/mol. The molecule has 0 aliphatic rings. The Hall–Kier alpha value is -0.460. The molecule has 1 atom stereocenters. The van der Waals surface area contributed by atoms with Crippen molar-refractivity contribution in [1.82, 2.24) is 4.98 Å². The molecule has 2 nitrogen and oxygen atoms in total. The van der Waals surface area contributed by atoms with Gasteiger partial charge in [-0.25, -0.2) is 0 Å². The minimum atomic E-state index is 0.547. The average Bonchev–Trinajstić information content (AvgIpc) is 2.07. The zero-order chi connectivity index (χ0) is 7.94. The number of nitrogens with zero attached hydrogens (tertiary/aromatic N) is 1. The molecule has 0 aromatic carbocycles. The molecule has 0 radical (unpaired) electrons. The van der Waals surface area contributed by atoms with Crippen molar-refractivity contribution in [3.05, 3.63) is 30.1 Å². The number of rotatable bonds is 4. The molecule has 3 heteroatoms. The molecule has 1 aromatic heterocycles. The van der Waals surface area contributed by atoms with E-state index in [4.69, 9.17) is 4.52 Å². The van der Waals surface area contributed by atoms with Crippen LogP contribution in [0.2, 0.25) is 0 Å². The van der Waals surface area contributed by atoms with E-state index in [-0.39, 0.29) is 0 Å². The van der Waals surface area contributed by atoms with E-state index in [1.807, 2.05) is 31.3 Å². The maximum Gasteiger partial charge on any atom is 0.0477 e. The second-order valence-electron chi connectivity index (χ2n) is 2.08. The quantitative estimate of drug-likeness (QED) is 0.509. The van der Waals surface area contributed by atoms with Crippen LogP contribution in [0, 0.1) is 0 Å². The van der Waals surface area contributed by atoms with E-state index < -0.39 is 0 Å². The summed E-state index contributed by atoms with van der Waals surface area (Å²) in [5.41, 5.74) is 1.11. The van der Waals surface area contributed by atoms with Crippen LogP contribution in [0.4, 0.5) is 0 Å². The molecule has 0 saturated carbocycles. The van der Waals surface area contributed by atoms with Crippen LogP contribution in [0.15, 0.2) is 24.4 Å². The van der Waals surface area contributed by atoms with Crippen LogP contribution in [0.25, 0.3) is 0 Å². The summed E-state index contributed by atoms with van der Waals surface area (Å²) in [5.74, 6) is 0. The SMILES string of the molecule is CCOPCc1ccccn1. The number of aromatic nitrogens is 1. The molecule has 0 saturated heterocycles. The summed E-state index contributed by atoms with van der Waals surface area (Å²) in [6.07, 6.45) is 2.75. The number of pyridine rings is 1. The van der Waals surface area contributed by atoms with Gasteiger partial charge in [-0.3, -0.25) is 4.98 Å². The van der Waals surface area contributed by atoms with Crippen LogP contribution in [0.3, 0.4) is 0 Å². The first-order valence-corrected chi connectivity index (χ1v) is 4.79. The lowest BCUT2D eigenvalue weighted by atomic mass is 10.4. The Morgan fingerprint density at radius 3 is 3.09 bits per heavy atom. The van der Waals surface area contributed by atoms with Crippen molar-refractivity contribution in [2.24, 2.45) is 0 Å². The van der Waals surface area contributed by atoms with Gasteiger partial charge in [-0.05, 0) is 19.1 Å². The van der Waals surface area contributed by atoms with E-state index in [0.717, 1.165) is 18.5 Å². The lowest BCUT2D eigenvalue weighted by Gasteiger charge is -1.98. The third-order valence-electron chi connectivity index (χ3n) is 1.23. The third-order valence-corrected chi connectivity index (χ3v) is 2.23. The minimum Gasteiger partial charge on any atom is -0.362 e. The fourth-order valence-corrected chi connectivity index (χ4v) is 1.39. The average molecular weight is 169 g/mol. The summed E-state index contributed by atoms with van der Waals surface area (Å²) in [4.78, 5) is 4.18. The maximum absolute atomic E-state index is 5.23. The fourth-order valence-electron chi connectivity index (χ4n) is 0.730. The molecule has 0 aliphatic carbocycles. The van der Waals surface area contributed by atoms with Crippen LogP contribution in [0.5, 0.6) is 0 Å². The van der Waals surface area contributed by atoms with Gasteiger partial charge in [0, 0.05) is 33.5 Å². The van der Waals surface area contributed by atoms with E-state index in [2.05, 4.69) is 4.98 Å². The predicted molar refractivity (Wildman–Crippen MR) is 47.9 cm³/mol. The molecule has 1 aromatic rings. The number of hydrogen-bond donors (Lipinski definition) is 0. The Kier molecular flexibility index (Phi) is 4.10. The molecule has 0 amide bonds. The Balaban J connectivity index is 2.28. The topological polar surface area (TPSA) is 22.1 Å². The molecule has 1 rings (SSSR count). The Bertz CT molecular complexity index is 191. The van der Waals surface area contributed by atoms with Crippen molar-refractivity contribution >= 4 is 8.81 Å². The van der Waals surface area contributed by atoms with E-state index in [0.29, 0.717) is 8.81 Å². The van der Waals surface area contributed by atoms with E-state index >= 15 is 0 Å². The highest BCUT2D eigenvalue weighted by atomic mass is 31.1. The van der Waals surface area contributed by atoms with E-state index in [1.54, 1.807) is 0 Å². The Morgan fingerprint density at radius 2 is 2.45 bits per heavy atom. The van der Waals surface area contributed by atoms with Crippen molar-refractivity contribution in [3.63, 3.8) is 0 Å². The fraction of sp³-hybridized carbons (Fsp3) is 0.375. The van der Waals surface area contributed by atoms with Gasteiger partial charge in [-0.15, -0.1) is 0 Å². The molecular formula is C8H12NOP. The van der Waals surface area contributed by atoms with Crippen molar-refractivity contribution in [1.29, 1.82) is 0 Å². The molecule has 11 heavy (non-hydrogen) atoms. The lowest BCUT2D eigenvalue weighted by molar-refractivity contribution is 0.389. The standard InChI is InChI=1S/C8H12NOP/c1-2-10-11-7-8-5-3-4-6-9-8/h3-6,11H,2,7H2,1H3. The van der Waals surface area contributed by atoms with Crippen LogP contribution in [-0.4, -0.2) is 11.6 Å². The predicted octanol–water partition coefficient (Wildman–Crippen LogP) is 2.21. The molecule has 1 unspecified atom stereocenters. The summed E-state index contributed by atoms with van der Waals surface area (Å²) in [6, 6.07) is 5.94. The zero-order valence-corrected chi connectivity index (χ0v) is 7.58. The summed E-state index contributed by atoms with van der Waals surface area (Å²) in [7, 11) is 0.547. The normalized spacial score (nSPS) is 11.0. The van der Waals surface area contributed by atoms with Crippen molar-refractivity contribution in [2.75, 3.05) is 6.61 Å². The van der Waals surface area contributed by atoms with Gasteiger partial charge in [0.2, 0.25) is 0 Å². The van der Waals surface area contributed by atoms with Crippen LogP contribution in [0.1, 0.15) is 12.6 Å². The Labute approximate surface area is 68.9 Å². The summed E-state index contributed by atoms with van der Waals surface area (Å²) < 4.78 is 5.23. The van der Waals surface area contributed by atoms with Crippen molar-refractivity contribution < 1.29 is 4.52 Å². The van der Waals surface area contributed by atoms with Gasteiger partial charge in [0.25, 0.3) is 0 Å². The summed E-state index contributed by atoms with van der Waals surface area (Å²) in [6.45, 7) is 2.80. The van der Waals surface area contributed by atoms with Gasteiger partial charge in [0.1, 0.15) is 0 Å². The molecule has 1 heterocycles. The lowest BCUT2D eigenvalue weighted by Crippen LogP contribution is -1.84. The molecule has 0 spiro atoms. The van der Waals surface area contributed by atoms with Gasteiger partial charge in [0.05, 0.1) is 0 Å². The van der Waals surface area contributed by atoms with E-state index in [9.17, 15) is 0 Å². The van der Waals surface area contributed by atoms with Crippen LogP contribution >= 0.6 is 8.81 Å². The first-order valence-electron chi connectivity index (χ1n) is 3.68. The number of hydrogen-bond acceptors (Lipinski definition) is 2. The van der Waals surface area contributed by atoms with Gasteiger partial charge in [-0.1, -0.05) is 6.07 Å². The monoisotopic (exact) mass is 169 g/mol. The Morgan fingerprint density at radius 1 is 1.55 bits per heavy atom. The van der Waals surface area contributed by atoms with Crippen molar-refractivity contribution in [2.45, 2.75) is 13.1 Å². The second kappa shape index (κ2) is 5.22. The smallest absolute Gasteiger partial charge is 0.0477 e. The summed E-state index contributed by atoms with van der Waals surface area (Å²) in [5, 5.41) is 0. The van der Waals surface area contributed by atoms with Gasteiger partial charge in [0.15, 0.2) is 0 Å². The molecule has 0 N–H and O–H groups in total. The second-order valence-corrected chi connectivity index (χ2v) is 3.01. The molecule has 0 bridgehead atoms. The van der Waals surface area contributed by atoms with Crippen LogP contribution in [-0.2, 0) is 10.7 Å². The zero-order valence-electron chi connectivity index (χ0n) is 6.58. The van der Waals surface area contributed by atoms with Crippen molar-refractivity contribution in [3.8, 4) is 0 Å². The summed E-state index contributed by atoms with van der Waals surface area (Å²) >= 11 is 0. The first-order chi connectivity index (χ1) is 5.43. The van der Waals surface area contributed by atoms with Crippen LogP contribution < -0.4 is 0 Å². The largest absolute Gasteiger partial charge is 0.362 e. The molecule has 0 fully saturated rings.